The summed E-state index contributed by atoms with van der Waals surface area (Å²) in [5, 5.41) is 0. The molecule has 0 aromatic heterocycles. The molecule has 0 aromatic carbocycles. The van der Waals surface area contributed by atoms with E-state index in [1.54, 1.807) is 0 Å². The molecular formula is C18H22F6O2. The molecule has 0 aliphatic heterocycles. The number of alkyl halides is 6. The minimum atomic E-state index is -5.65. The van der Waals surface area contributed by atoms with E-state index in [1.807, 2.05) is 0 Å². The molecule has 9 unspecified atom stereocenters. The fraction of sp³-hybridized carbons (Fsp3) is 0.944. The SMILES string of the molecule is CC1C(C)C2CC1C1C3CC(C(=O)OC(C(F)(F)F)C(F)(F)F)C(C3)C21. The Morgan fingerprint density at radius 1 is 0.846 bits per heavy atom. The van der Waals surface area contributed by atoms with Crippen molar-refractivity contribution in [1.29, 1.82) is 0 Å². The number of halogens is 6. The molecule has 0 radical (unpaired) electrons. The van der Waals surface area contributed by atoms with Crippen LogP contribution in [0.25, 0.3) is 0 Å². The normalized spacial score (nSPS) is 46.9. The number of rotatable bonds is 2. The van der Waals surface area contributed by atoms with Crippen LogP contribution in [0.1, 0.15) is 33.1 Å². The monoisotopic (exact) mass is 384 g/mol. The number of hydrogen-bond donors (Lipinski definition) is 0. The van der Waals surface area contributed by atoms with Gasteiger partial charge >= 0.3 is 18.3 Å². The van der Waals surface area contributed by atoms with Gasteiger partial charge in [0.05, 0.1) is 5.92 Å². The first-order valence-corrected chi connectivity index (χ1v) is 9.25. The van der Waals surface area contributed by atoms with Crippen LogP contribution in [0, 0.1) is 53.3 Å². The zero-order chi connectivity index (χ0) is 19.2. The van der Waals surface area contributed by atoms with Gasteiger partial charge in [-0.25, -0.2) is 0 Å². The zero-order valence-electron chi connectivity index (χ0n) is 14.5. The number of hydrogen-bond acceptors (Lipinski definition) is 2. The predicted molar refractivity (Wildman–Crippen MR) is 78.6 cm³/mol. The second-order valence-corrected chi connectivity index (χ2v) is 8.84. The lowest BCUT2D eigenvalue weighted by Gasteiger charge is -2.43. The average Bonchev–Trinajstić information content (AvgIpc) is 3.21. The van der Waals surface area contributed by atoms with E-state index < -0.39 is 30.3 Å². The fourth-order valence-electron chi connectivity index (χ4n) is 7.02. The zero-order valence-corrected chi connectivity index (χ0v) is 14.5. The molecule has 8 heteroatoms. The molecule has 26 heavy (non-hydrogen) atoms. The first-order chi connectivity index (χ1) is 11.9. The minimum absolute atomic E-state index is 0.121. The van der Waals surface area contributed by atoms with Crippen LogP contribution < -0.4 is 0 Å². The van der Waals surface area contributed by atoms with Crippen molar-refractivity contribution in [3.63, 3.8) is 0 Å². The molecule has 4 aliphatic carbocycles. The molecular weight excluding hydrogens is 362 g/mol. The molecule has 4 aliphatic rings. The van der Waals surface area contributed by atoms with Crippen LogP contribution in [0.5, 0.6) is 0 Å². The molecule has 0 N–H and O–H groups in total. The maximum atomic E-state index is 12.7. The van der Waals surface area contributed by atoms with Crippen LogP contribution >= 0.6 is 0 Å². The number of fused-ring (bicyclic) bond motifs is 9. The summed E-state index contributed by atoms with van der Waals surface area (Å²) in [5.74, 6) is 0.846. The number of esters is 1. The van der Waals surface area contributed by atoms with Gasteiger partial charge in [0, 0.05) is 0 Å². The van der Waals surface area contributed by atoms with E-state index in [-0.39, 0.29) is 17.8 Å². The van der Waals surface area contributed by atoms with E-state index in [0.717, 1.165) is 12.8 Å². The first kappa shape index (κ1) is 18.4. The summed E-state index contributed by atoms with van der Waals surface area (Å²) in [6.07, 6.45) is -13.1. The Morgan fingerprint density at radius 2 is 1.38 bits per heavy atom. The van der Waals surface area contributed by atoms with E-state index in [1.165, 1.54) is 0 Å². The maximum Gasteiger partial charge on any atom is 0.434 e. The highest BCUT2D eigenvalue weighted by atomic mass is 19.4. The molecule has 9 atom stereocenters. The third-order valence-corrected chi connectivity index (χ3v) is 7.98. The van der Waals surface area contributed by atoms with Crippen molar-refractivity contribution in [3.05, 3.63) is 0 Å². The Bertz CT molecular complexity index is 585. The summed E-state index contributed by atoms with van der Waals surface area (Å²) in [6.45, 7) is 4.41. The van der Waals surface area contributed by atoms with Crippen LogP contribution in [0.3, 0.4) is 0 Å². The average molecular weight is 384 g/mol. The highest BCUT2D eigenvalue weighted by Crippen LogP contribution is 2.71. The van der Waals surface area contributed by atoms with Crippen molar-refractivity contribution < 1.29 is 35.9 Å². The van der Waals surface area contributed by atoms with Gasteiger partial charge in [-0.1, -0.05) is 13.8 Å². The van der Waals surface area contributed by atoms with E-state index in [2.05, 4.69) is 18.6 Å². The highest BCUT2D eigenvalue weighted by Gasteiger charge is 2.68. The molecule has 4 bridgehead atoms. The lowest BCUT2D eigenvalue weighted by atomic mass is 9.62. The van der Waals surface area contributed by atoms with Gasteiger partial charge in [-0.3, -0.25) is 4.79 Å². The van der Waals surface area contributed by atoms with Gasteiger partial charge < -0.3 is 4.74 Å². The Balaban J connectivity index is 1.50. The standard InChI is InChI=1S/C18H22F6O2/c1-6-7(2)10-5-9(6)13-8-3-11(14(10)13)12(4-8)15(25)26-16(17(19,20)21)18(22,23)24/h6-14,16H,3-5H2,1-2H3. The van der Waals surface area contributed by atoms with E-state index >= 15 is 0 Å². The van der Waals surface area contributed by atoms with Crippen LogP contribution in [-0.4, -0.2) is 24.4 Å². The topological polar surface area (TPSA) is 26.3 Å². The minimum Gasteiger partial charge on any atom is -0.443 e. The van der Waals surface area contributed by atoms with Gasteiger partial charge in [0.15, 0.2) is 0 Å². The quantitative estimate of drug-likeness (QED) is 0.387. The lowest BCUT2D eigenvalue weighted by Crippen LogP contribution is -2.48. The molecule has 0 amide bonds. The van der Waals surface area contributed by atoms with Crippen molar-refractivity contribution >= 4 is 5.97 Å². The number of ether oxygens (including phenoxy) is 1. The highest BCUT2D eigenvalue weighted by molar-refractivity contribution is 5.74. The largest absolute Gasteiger partial charge is 0.443 e. The molecule has 0 heterocycles. The van der Waals surface area contributed by atoms with Crippen molar-refractivity contribution in [1.82, 2.24) is 0 Å². The molecule has 0 aromatic rings. The van der Waals surface area contributed by atoms with Gasteiger partial charge in [0.1, 0.15) is 0 Å². The summed E-state index contributed by atoms with van der Waals surface area (Å²) in [7, 11) is 0. The molecule has 148 valence electrons. The van der Waals surface area contributed by atoms with Crippen molar-refractivity contribution in [3.8, 4) is 0 Å². The Hall–Kier alpha value is -0.950. The maximum absolute atomic E-state index is 12.7. The third-order valence-electron chi connectivity index (χ3n) is 7.98. The van der Waals surface area contributed by atoms with Gasteiger partial charge in [-0.15, -0.1) is 0 Å². The first-order valence-electron chi connectivity index (χ1n) is 9.25. The van der Waals surface area contributed by atoms with Crippen molar-refractivity contribution in [2.45, 2.75) is 51.6 Å². The van der Waals surface area contributed by atoms with Crippen LogP contribution in [0.15, 0.2) is 0 Å². The van der Waals surface area contributed by atoms with Gasteiger partial charge in [-0.05, 0) is 66.6 Å². The summed E-state index contributed by atoms with van der Waals surface area (Å²) in [4.78, 5) is 12.3. The molecule has 4 rings (SSSR count). The van der Waals surface area contributed by atoms with Crippen LogP contribution in [0.2, 0.25) is 0 Å². The van der Waals surface area contributed by atoms with E-state index in [4.69, 9.17) is 0 Å². The Labute approximate surface area is 147 Å². The second-order valence-electron chi connectivity index (χ2n) is 8.84. The number of carbonyl (C=O) groups excluding carboxylic acids is 1. The molecule has 0 saturated heterocycles. The Kier molecular flexibility index (Phi) is 3.92. The summed E-state index contributed by atoms with van der Waals surface area (Å²) < 4.78 is 80.1. The summed E-state index contributed by atoms with van der Waals surface area (Å²) in [6, 6.07) is 0. The third kappa shape index (κ3) is 2.49. The van der Waals surface area contributed by atoms with Gasteiger partial charge in [-0.2, -0.15) is 26.3 Å². The van der Waals surface area contributed by atoms with Crippen molar-refractivity contribution in [2.24, 2.45) is 53.3 Å². The van der Waals surface area contributed by atoms with Crippen LogP contribution in [0.4, 0.5) is 26.3 Å². The predicted octanol–water partition coefficient (Wildman–Crippen LogP) is 4.83. The smallest absolute Gasteiger partial charge is 0.434 e. The van der Waals surface area contributed by atoms with Gasteiger partial charge in [0.25, 0.3) is 6.10 Å². The Morgan fingerprint density at radius 3 is 1.92 bits per heavy atom. The lowest BCUT2D eigenvalue weighted by molar-refractivity contribution is -0.314. The molecule has 4 fully saturated rings. The van der Waals surface area contributed by atoms with E-state index in [0.29, 0.717) is 36.0 Å². The second kappa shape index (κ2) is 5.53. The molecule has 2 nitrogen and oxygen atoms in total. The summed E-state index contributed by atoms with van der Waals surface area (Å²) in [5.41, 5.74) is 0. The molecule has 4 saturated carbocycles. The van der Waals surface area contributed by atoms with Crippen molar-refractivity contribution in [2.75, 3.05) is 0 Å². The molecule has 0 spiro atoms. The van der Waals surface area contributed by atoms with Gasteiger partial charge in [0.2, 0.25) is 0 Å². The fourth-order valence-corrected chi connectivity index (χ4v) is 7.02. The van der Waals surface area contributed by atoms with E-state index in [9.17, 15) is 31.1 Å². The number of carbonyl (C=O) groups is 1. The van der Waals surface area contributed by atoms with Crippen LogP contribution in [-0.2, 0) is 9.53 Å². The summed E-state index contributed by atoms with van der Waals surface area (Å²) >= 11 is 0.